The van der Waals surface area contributed by atoms with E-state index in [4.69, 9.17) is 0 Å². The Morgan fingerprint density at radius 1 is 0.815 bits per heavy atom. The predicted octanol–water partition coefficient (Wildman–Crippen LogP) is 2.45. The van der Waals surface area contributed by atoms with Crippen LogP contribution in [0.5, 0.6) is 0 Å². The molecule has 0 radical (unpaired) electrons. The summed E-state index contributed by atoms with van der Waals surface area (Å²) in [7, 11) is 0. The molecular formula is C21H22FN3O2. The second-order valence-electron chi connectivity index (χ2n) is 6.94. The largest absolute Gasteiger partial charge is 0.368 e. The van der Waals surface area contributed by atoms with Crippen LogP contribution < -0.4 is 9.80 Å². The lowest BCUT2D eigenvalue weighted by atomic mass is 10.0. The van der Waals surface area contributed by atoms with Crippen LogP contribution >= 0.6 is 0 Å². The first kappa shape index (κ1) is 17.5. The number of benzene rings is 2. The zero-order valence-corrected chi connectivity index (χ0v) is 15.1. The van der Waals surface area contributed by atoms with Gasteiger partial charge >= 0.3 is 11.8 Å². The molecule has 1 fully saturated rings. The van der Waals surface area contributed by atoms with Gasteiger partial charge in [-0.05, 0) is 48.7 Å². The maximum Gasteiger partial charge on any atom is 0.316 e. The Balaban J connectivity index is 1.41. The summed E-state index contributed by atoms with van der Waals surface area (Å²) in [5.41, 5.74) is 2.90. The number of para-hydroxylation sites is 1. The summed E-state index contributed by atoms with van der Waals surface area (Å²) in [5.74, 6) is -1.15. The van der Waals surface area contributed by atoms with Crippen molar-refractivity contribution < 1.29 is 14.0 Å². The summed E-state index contributed by atoms with van der Waals surface area (Å²) in [5, 5.41) is 0. The van der Waals surface area contributed by atoms with Gasteiger partial charge in [0.15, 0.2) is 0 Å². The van der Waals surface area contributed by atoms with Gasteiger partial charge in [-0.3, -0.25) is 9.59 Å². The van der Waals surface area contributed by atoms with E-state index in [0.29, 0.717) is 32.7 Å². The SMILES string of the molecule is O=C(C(=O)N1CCCc2ccccc21)N1CCN(c2ccc(F)cc2)CC1. The van der Waals surface area contributed by atoms with Gasteiger partial charge in [0, 0.05) is 44.1 Å². The van der Waals surface area contributed by atoms with Crippen molar-refractivity contribution in [2.24, 2.45) is 0 Å². The third-order valence-electron chi connectivity index (χ3n) is 5.30. The monoisotopic (exact) mass is 367 g/mol. The third kappa shape index (κ3) is 3.52. The number of anilines is 2. The summed E-state index contributed by atoms with van der Waals surface area (Å²) in [6.45, 7) is 2.80. The van der Waals surface area contributed by atoms with E-state index in [1.807, 2.05) is 24.3 Å². The second kappa shape index (κ2) is 7.39. The van der Waals surface area contributed by atoms with Gasteiger partial charge < -0.3 is 14.7 Å². The molecular weight excluding hydrogens is 345 g/mol. The number of aryl methyl sites for hydroxylation is 1. The van der Waals surface area contributed by atoms with Crippen molar-refractivity contribution in [3.8, 4) is 0 Å². The Kier molecular flexibility index (Phi) is 4.79. The lowest BCUT2D eigenvalue weighted by molar-refractivity contribution is -0.144. The van der Waals surface area contributed by atoms with Gasteiger partial charge in [-0.25, -0.2) is 4.39 Å². The second-order valence-corrected chi connectivity index (χ2v) is 6.94. The maximum atomic E-state index is 13.1. The van der Waals surface area contributed by atoms with E-state index in [-0.39, 0.29) is 5.82 Å². The van der Waals surface area contributed by atoms with Crippen molar-refractivity contribution in [3.05, 3.63) is 59.9 Å². The molecule has 6 heteroatoms. The van der Waals surface area contributed by atoms with E-state index >= 15 is 0 Å². The van der Waals surface area contributed by atoms with Crippen LogP contribution in [0.1, 0.15) is 12.0 Å². The average Bonchev–Trinajstić information content (AvgIpc) is 2.73. The zero-order chi connectivity index (χ0) is 18.8. The van der Waals surface area contributed by atoms with Gasteiger partial charge in [0.25, 0.3) is 0 Å². The number of nitrogens with zero attached hydrogens (tertiary/aromatic N) is 3. The van der Waals surface area contributed by atoms with E-state index in [1.54, 1.807) is 21.9 Å². The summed E-state index contributed by atoms with van der Waals surface area (Å²) in [6.07, 6.45) is 1.80. The highest BCUT2D eigenvalue weighted by Gasteiger charge is 2.32. The molecule has 0 N–H and O–H groups in total. The van der Waals surface area contributed by atoms with Crippen LogP contribution in [0.2, 0.25) is 0 Å². The molecule has 0 spiro atoms. The van der Waals surface area contributed by atoms with Crippen LogP contribution in [0.3, 0.4) is 0 Å². The highest BCUT2D eigenvalue weighted by Crippen LogP contribution is 2.27. The standard InChI is InChI=1S/C21H22FN3O2/c22-17-7-9-18(10-8-17)23-12-14-24(15-13-23)20(26)21(27)25-11-3-5-16-4-1-2-6-19(16)25/h1-2,4,6-10H,3,5,11-15H2. The Bertz CT molecular complexity index is 845. The fourth-order valence-electron chi connectivity index (χ4n) is 3.81. The van der Waals surface area contributed by atoms with Crippen LogP contribution in [0.15, 0.2) is 48.5 Å². The third-order valence-corrected chi connectivity index (χ3v) is 5.30. The topological polar surface area (TPSA) is 43.9 Å². The number of hydrogen-bond donors (Lipinski definition) is 0. The lowest BCUT2D eigenvalue weighted by Crippen LogP contribution is -2.54. The molecule has 2 heterocycles. The number of carbonyl (C=O) groups is 2. The minimum absolute atomic E-state index is 0.264. The van der Waals surface area contributed by atoms with Crippen molar-refractivity contribution >= 4 is 23.2 Å². The molecule has 0 unspecified atom stereocenters. The summed E-state index contributed by atoms with van der Waals surface area (Å²) < 4.78 is 13.1. The average molecular weight is 367 g/mol. The van der Waals surface area contributed by atoms with E-state index in [1.165, 1.54) is 12.1 Å². The molecule has 2 aliphatic heterocycles. The molecule has 1 saturated heterocycles. The number of rotatable bonds is 1. The highest BCUT2D eigenvalue weighted by molar-refractivity contribution is 6.40. The molecule has 2 amide bonds. The fraction of sp³-hybridized carbons (Fsp3) is 0.333. The smallest absolute Gasteiger partial charge is 0.316 e. The molecule has 2 aromatic carbocycles. The molecule has 0 aliphatic carbocycles. The molecule has 0 saturated carbocycles. The summed E-state index contributed by atoms with van der Waals surface area (Å²) in [4.78, 5) is 30.9. The van der Waals surface area contributed by atoms with Crippen molar-refractivity contribution in [1.82, 2.24) is 4.90 Å². The van der Waals surface area contributed by atoms with Crippen molar-refractivity contribution in [2.45, 2.75) is 12.8 Å². The van der Waals surface area contributed by atoms with E-state index in [0.717, 1.165) is 29.8 Å². The number of fused-ring (bicyclic) bond motifs is 1. The van der Waals surface area contributed by atoms with E-state index < -0.39 is 11.8 Å². The Hall–Kier alpha value is -2.89. The molecule has 0 atom stereocenters. The number of hydrogen-bond acceptors (Lipinski definition) is 3. The van der Waals surface area contributed by atoms with Crippen LogP contribution in [0.4, 0.5) is 15.8 Å². The quantitative estimate of drug-likeness (QED) is 0.728. The van der Waals surface area contributed by atoms with E-state index in [2.05, 4.69) is 4.90 Å². The van der Waals surface area contributed by atoms with Crippen LogP contribution in [0, 0.1) is 5.82 Å². The summed E-state index contributed by atoms with van der Waals surface area (Å²) >= 11 is 0. The van der Waals surface area contributed by atoms with Gasteiger partial charge in [-0.1, -0.05) is 18.2 Å². The lowest BCUT2D eigenvalue weighted by Gasteiger charge is -2.37. The van der Waals surface area contributed by atoms with Crippen LogP contribution in [-0.2, 0) is 16.0 Å². The first-order valence-electron chi connectivity index (χ1n) is 9.33. The first-order valence-corrected chi connectivity index (χ1v) is 9.33. The van der Waals surface area contributed by atoms with Crippen molar-refractivity contribution in [1.29, 1.82) is 0 Å². The van der Waals surface area contributed by atoms with Crippen molar-refractivity contribution in [2.75, 3.05) is 42.5 Å². The van der Waals surface area contributed by atoms with Gasteiger partial charge in [0.05, 0.1) is 0 Å². The molecule has 2 aliphatic rings. The molecule has 0 aromatic heterocycles. The predicted molar refractivity (Wildman–Crippen MR) is 102 cm³/mol. The van der Waals surface area contributed by atoms with Gasteiger partial charge in [-0.15, -0.1) is 0 Å². The molecule has 0 bridgehead atoms. The van der Waals surface area contributed by atoms with Crippen LogP contribution in [0.25, 0.3) is 0 Å². The minimum atomic E-state index is -0.447. The van der Waals surface area contributed by atoms with Gasteiger partial charge in [-0.2, -0.15) is 0 Å². The van der Waals surface area contributed by atoms with Gasteiger partial charge in [0.2, 0.25) is 0 Å². The minimum Gasteiger partial charge on any atom is -0.368 e. The highest BCUT2D eigenvalue weighted by atomic mass is 19.1. The Labute approximate surface area is 158 Å². The summed E-state index contributed by atoms with van der Waals surface area (Å²) in [6, 6.07) is 14.1. The maximum absolute atomic E-state index is 13.1. The molecule has 27 heavy (non-hydrogen) atoms. The molecule has 5 nitrogen and oxygen atoms in total. The Morgan fingerprint density at radius 2 is 1.52 bits per heavy atom. The van der Waals surface area contributed by atoms with Crippen molar-refractivity contribution in [3.63, 3.8) is 0 Å². The first-order chi connectivity index (χ1) is 13.1. The number of amides is 2. The van der Waals surface area contributed by atoms with E-state index in [9.17, 15) is 14.0 Å². The Morgan fingerprint density at radius 3 is 2.26 bits per heavy atom. The number of carbonyl (C=O) groups excluding carboxylic acids is 2. The normalized spacial score (nSPS) is 16.9. The number of halogens is 1. The number of piperazine rings is 1. The van der Waals surface area contributed by atoms with Gasteiger partial charge in [0.1, 0.15) is 5.82 Å². The molecule has 4 rings (SSSR count). The zero-order valence-electron chi connectivity index (χ0n) is 15.1. The molecule has 140 valence electrons. The molecule has 2 aromatic rings. The van der Waals surface area contributed by atoms with Crippen LogP contribution in [-0.4, -0.2) is 49.4 Å². The fourth-order valence-corrected chi connectivity index (χ4v) is 3.81.